The van der Waals surface area contributed by atoms with Crippen molar-refractivity contribution in [1.29, 1.82) is 5.26 Å². The molecule has 0 aliphatic carbocycles. The van der Waals surface area contributed by atoms with E-state index in [0.29, 0.717) is 18.0 Å². The minimum atomic E-state index is -0.525. The molecule has 0 bridgehead atoms. The van der Waals surface area contributed by atoms with E-state index in [-0.39, 0.29) is 30.2 Å². The largest absolute Gasteiger partial charge is 0.379 e. The molecular weight excluding hydrogens is 272 g/mol. The van der Waals surface area contributed by atoms with Crippen LogP contribution in [0.2, 0.25) is 0 Å². The third kappa shape index (κ3) is 5.48. The number of anilines is 1. The molecule has 1 amide bonds. The van der Waals surface area contributed by atoms with Gasteiger partial charge >= 0.3 is 0 Å². The summed E-state index contributed by atoms with van der Waals surface area (Å²) in [6.45, 7) is 4.85. The van der Waals surface area contributed by atoms with Crippen LogP contribution in [0.5, 0.6) is 0 Å². The number of hydrogen-bond donors (Lipinski definition) is 2. The van der Waals surface area contributed by atoms with Crippen molar-refractivity contribution in [2.45, 2.75) is 20.3 Å². The number of hydrogen-bond acceptors (Lipinski definition) is 5. The molecule has 0 unspecified atom stereocenters. The van der Waals surface area contributed by atoms with Crippen LogP contribution in [0, 0.1) is 27.4 Å². The average molecular weight is 290 g/mol. The Morgan fingerprint density at radius 2 is 2.19 bits per heavy atom. The molecule has 0 saturated carbocycles. The summed E-state index contributed by atoms with van der Waals surface area (Å²) in [6.07, 6.45) is 0.209. The van der Waals surface area contributed by atoms with Gasteiger partial charge in [-0.3, -0.25) is 14.9 Å². The van der Waals surface area contributed by atoms with E-state index in [1.807, 2.05) is 19.9 Å². The molecule has 0 fully saturated rings. The molecule has 7 heteroatoms. The van der Waals surface area contributed by atoms with Gasteiger partial charge in [-0.15, -0.1) is 0 Å². The van der Waals surface area contributed by atoms with E-state index in [0.717, 1.165) is 0 Å². The molecule has 0 aliphatic rings. The fraction of sp³-hybridized carbons (Fsp3) is 0.429. The minimum Gasteiger partial charge on any atom is -0.379 e. The van der Waals surface area contributed by atoms with Gasteiger partial charge in [0.1, 0.15) is 5.69 Å². The zero-order chi connectivity index (χ0) is 15.8. The molecule has 0 radical (unpaired) electrons. The van der Waals surface area contributed by atoms with E-state index in [4.69, 9.17) is 5.26 Å². The second-order valence-corrected chi connectivity index (χ2v) is 4.98. The predicted octanol–water partition coefficient (Wildman–Crippen LogP) is 2.04. The fourth-order valence-corrected chi connectivity index (χ4v) is 1.62. The molecule has 0 atom stereocenters. The number of nitrogens with zero attached hydrogens (tertiary/aromatic N) is 2. The van der Waals surface area contributed by atoms with E-state index in [9.17, 15) is 14.9 Å². The summed E-state index contributed by atoms with van der Waals surface area (Å²) in [5, 5.41) is 25.3. The number of nitrogens with one attached hydrogen (secondary N) is 2. The van der Waals surface area contributed by atoms with Crippen LogP contribution in [-0.4, -0.2) is 23.9 Å². The van der Waals surface area contributed by atoms with Gasteiger partial charge in [-0.2, -0.15) is 5.26 Å². The van der Waals surface area contributed by atoms with Crippen LogP contribution in [0.4, 0.5) is 11.4 Å². The maximum atomic E-state index is 11.5. The molecule has 21 heavy (non-hydrogen) atoms. The SMILES string of the molecule is CC(C)CNC(=O)CCNc1cc(C#N)ccc1[N+](=O)[O-]. The Bertz CT molecular complexity index is 564. The van der Waals surface area contributed by atoms with Gasteiger partial charge in [0.05, 0.1) is 16.6 Å². The molecule has 0 aliphatic heterocycles. The summed E-state index contributed by atoms with van der Waals surface area (Å²) in [5.41, 5.74) is 0.458. The number of benzene rings is 1. The summed E-state index contributed by atoms with van der Waals surface area (Å²) in [7, 11) is 0. The summed E-state index contributed by atoms with van der Waals surface area (Å²) < 4.78 is 0. The quantitative estimate of drug-likeness (QED) is 0.590. The molecule has 0 aromatic heterocycles. The normalized spacial score (nSPS) is 10.0. The smallest absolute Gasteiger partial charge is 0.292 e. The van der Waals surface area contributed by atoms with Crippen molar-refractivity contribution in [3.05, 3.63) is 33.9 Å². The molecule has 112 valence electrons. The Hall–Kier alpha value is -2.62. The molecule has 2 N–H and O–H groups in total. The van der Waals surface area contributed by atoms with Gasteiger partial charge in [0, 0.05) is 25.6 Å². The topological polar surface area (TPSA) is 108 Å². The van der Waals surface area contributed by atoms with Crippen LogP contribution >= 0.6 is 0 Å². The number of nitriles is 1. The van der Waals surface area contributed by atoms with Gasteiger partial charge in [0.15, 0.2) is 0 Å². The van der Waals surface area contributed by atoms with Crippen LogP contribution in [0.1, 0.15) is 25.8 Å². The standard InChI is InChI=1S/C14H18N4O3/c1-10(2)9-17-14(19)5-6-16-12-7-11(8-15)3-4-13(12)18(20)21/h3-4,7,10,16H,5-6,9H2,1-2H3,(H,17,19). The molecular formula is C14H18N4O3. The lowest BCUT2D eigenvalue weighted by Gasteiger charge is -2.09. The number of amides is 1. The lowest BCUT2D eigenvalue weighted by Crippen LogP contribution is -2.28. The third-order valence-corrected chi connectivity index (χ3v) is 2.70. The second kappa shape index (κ2) is 7.85. The van der Waals surface area contributed by atoms with E-state index in [1.165, 1.54) is 18.2 Å². The number of nitro groups is 1. The van der Waals surface area contributed by atoms with Crippen LogP contribution in [0.15, 0.2) is 18.2 Å². The third-order valence-electron chi connectivity index (χ3n) is 2.70. The number of carbonyl (C=O) groups excluding carboxylic acids is 1. The van der Waals surface area contributed by atoms with Crippen molar-refractivity contribution in [2.75, 3.05) is 18.4 Å². The Morgan fingerprint density at radius 3 is 2.76 bits per heavy atom. The van der Waals surface area contributed by atoms with Crippen molar-refractivity contribution in [3.63, 3.8) is 0 Å². The molecule has 0 spiro atoms. The number of carbonyl (C=O) groups is 1. The minimum absolute atomic E-state index is 0.114. The fourth-order valence-electron chi connectivity index (χ4n) is 1.62. The van der Waals surface area contributed by atoms with Gasteiger partial charge in [-0.1, -0.05) is 13.8 Å². The summed E-state index contributed by atoms with van der Waals surface area (Å²) in [6, 6.07) is 6.00. The summed E-state index contributed by atoms with van der Waals surface area (Å²) in [5.74, 6) is 0.255. The van der Waals surface area contributed by atoms with E-state index in [2.05, 4.69) is 10.6 Å². The van der Waals surface area contributed by atoms with Crippen molar-refractivity contribution < 1.29 is 9.72 Å². The van der Waals surface area contributed by atoms with Gasteiger partial charge in [0.2, 0.25) is 5.91 Å². The van der Waals surface area contributed by atoms with E-state index in [1.54, 1.807) is 0 Å². The average Bonchev–Trinajstić information content (AvgIpc) is 2.44. The van der Waals surface area contributed by atoms with Crippen molar-refractivity contribution >= 4 is 17.3 Å². The zero-order valence-corrected chi connectivity index (χ0v) is 12.0. The monoisotopic (exact) mass is 290 g/mol. The molecule has 7 nitrogen and oxygen atoms in total. The number of nitro benzene ring substituents is 1. The van der Waals surface area contributed by atoms with Gasteiger partial charge in [-0.05, 0) is 18.1 Å². The Balaban J connectivity index is 2.60. The molecule has 1 aromatic carbocycles. The number of rotatable bonds is 7. The molecule has 0 heterocycles. The highest BCUT2D eigenvalue weighted by Crippen LogP contribution is 2.25. The van der Waals surface area contributed by atoms with Crippen molar-refractivity contribution in [2.24, 2.45) is 5.92 Å². The first-order valence-corrected chi connectivity index (χ1v) is 6.63. The van der Waals surface area contributed by atoms with Gasteiger partial charge in [-0.25, -0.2) is 0 Å². The highest BCUT2D eigenvalue weighted by molar-refractivity contribution is 5.76. The highest BCUT2D eigenvalue weighted by Gasteiger charge is 2.14. The Morgan fingerprint density at radius 1 is 1.48 bits per heavy atom. The maximum Gasteiger partial charge on any atom is 0.292 e. The van der Waals surface area contributed by atoms with Crippen molar-refractivity contribution in [1.82, 2.24) is 5.32 Å². The lowest BCUT2D eigenvalue weighted by molar-refractivity contribution is -0.384. The van der Waals surface area contributed by atoms with E-state index < -0.39 is 4.92 Å². The Kier molecular flexibility index (Phi) is 6.14. The van der Waals surface area contributed by atoms with Crippen LogP contribution < -0.4 is 10.6 Å². The van der Waals surface area contributed by atoms with Gasteiger partial charge < -0.3 is 10.6 Å². The molecule has 1 aromatic rings. The predicted molar refractivity (Wildman–Crippen MR) is 78.8 cm³/mol. The molecule has 0 saturated heterocycles. The van der Waals surface area contributed by atoms with Crippen LogP contribution in [0.3, 0.4) is 0 Å². The first-order chi connectivity index (χ1) is 9.93. The van der Waals surface area contributed by atoms with Crippen LogP contribution in [0.25, 0.3) is 0 Å². The van der Waals surface area contributed by atoms with Crippen molar-refractivity contribution in [3.8, 4) is 6.07 Å². The first-order valence-electron chi connectivity index (χ1n) is 6.63. The highest BCUT2D eigenvalue weighted by atomic mass is 16.6. The first kappa shape index (κ1) is 16.4. The van der Waals surface area contributed by atoms with E-state index >= 15 is 0 Å². The molecule has 1 rings (SSSR count). The second-order valence-electron chi connectivity index (χ2n) is 4.98. The Labute approximate surface area is 123 Å². The van der Waals surface area contributed by atoms with Crippen LogP contribution in [-0.2, 0) is 4.79 Å². The van der Waals surface area contributed by atoms with Gasteiger partial charge in [0.25, 0.3) is 5.69 Å². The maximum absolute atomic E-state index is 11.5. The lowest BCUT2D eigenvalue weighted by atomic mass is 10.2. The summed E-state index contributed by atoms with van der Waals surface area (Å²) >= 11 is 0. The zero-order valence-electron chi connectivity index (χ0n) is 12.0. The summed E-state index contributed by atoms with van der Waals surface area (Å²) in [4.78, 5) is 21.9.